The van der Waals surface area contributed by atoms with Crippen molar-refractivity contribution in [3.8, 4) is 0 Å². The van der Waals surface area contributed by atoms with Crippen molar-refractivity contribution in [2.75, 3.05) is 0 Å². The summed E-state index contributed by atoms with van der Waals surface area (Å²) in [4.78, 5) is 10.7. The van der Waals surface area contributed by atoms with Gasteiger partial charge in [-0.2, -0.15) is 5.10 Å². The molecule has 1 N–H and O–H groups in total. The van der Waals surface area contributed by atoms with Crippen LogP contribution in [0.5, 0.6) is 0 Å². The third-order valence-electron chi connectivity index (χ3n) is 2.15. The normalized spacial score (nSPS) is 10.5. The summed E-state index contributed by atoms with van der Waals surface area (Å²) in [6.07, 6.45) is 1.40. The minimum Gasteiger partial charge on any atom is -0.476 e. The van der Waals surface area contributed by atoms with Crippen molar-refractivity contribution < 1.29 is 14.3 Å². The van der Waals surface area contributed by atoms with Gasteiger partial charge in [-0.05, 0) is 17.7 Å². The van der Waals surface area contributed by atoms with Crippen molar-refractivity contribution in [2.45, 2.75) is 6.54 Å². The number of aromatic nitrogens is 2. The van der Waals surface area contributed by atoms with Gasteiger partial charge in [0.05, 0.1) is 11.6 Å². The van der Waals surface area contributed by atoms with E-state index < -0.39 is 5.97 Å². The highest BCUT2D eigenvalue weighted by atomic mass is 35.5. The summed E-state index contributed by atoms with van der Waals surface area (Å²) in [5.41, 5.74) is 0.476. The molecule has 2 rings (SSSR count). The quantitative estimate of drug-likeness (QED) is 0.915. The zero-order chi connectivity index (χ0) is 12.4. The van der Waals surface area contributed by atoms with Crippen LogP contribution in [0.15, 0.2) is 30.5 Å². The molecule has 6 heteroatoms. The first-order valence-corrected chi connectivity index (χ1v) is 5.15. The molecule has 0 aliphatic heterocycles. The van der Waals surface area contributed by atoms with E-state index >= 15 is 0 Å². The summed E-state index contributed by atoms with van der Waals surface area (Å²) < 4.78 is 14.3. The van der Waals surface area contributed by atoms with Gasteiger partial charge in [0, 0.05) is 6.20 Å². The molecular weight excluding hydrogens is 247 g/mol. The number of carboxylic acids is 1. The lowest BCUT2D eigenvalue weighted by molar-refractivity contribution is 0.0689. The van der Waals surface area contributed by atoms with Crippen molar-refractivity contribution in [1.29, 1.82) is 0 Å². The highest BCUT2D eigenvalue weighted by Crippen LogP contribution is 2.15. The molecule has 0 amide bonds. The predicted molar refractivity (Wildman–Crippen MR) is 59.7 cm³/mol. The predicted octanol–water partition coefficient (Wildman–Crippen LogP) is 2.42. The Morgan fingerprint density at radius 1 is 1.53 bits per heavy atom. The van der Waals surface area contributed by atoms with Gasteiger partial charge in [-0.1, -0.05) is 23.7 Å². The number of carboxylic acid groups (broad SMARTS) is 1. The first-order chi connectivity index (χ1) is 8.06. The van der Waals surface area contributed by atoms with E-state index in [1.807, 2.05) is 0 Å². The van der Waals surface area contributed by atoms with Crippen LogP contribution in [0.1, 0.15) is 16.1 Å². The second kappa shape index (κ2) is 4.55. The summed E-state index contributed by atoms with van der Waals surface area (Å²) in [6, 6.07) is 5.99. The number of hydrogen-bond donors (Lipinski definition) is 1. The van der Waals surface area contributed by atoms with Gasteiger partial charge in [-0.25, -0.2) is 9.18 Å². The minimum absolute atomic E-state index is 0.0638. The highest BCUT2D eigenvalue weighted by molar-refractivity contribution is 6.33. The summed E-state index contributed by atoms with van der Waals surface area (Å²) in [7, 11) is 0. The molecule has 0 fully saturated rings. The molecule has 0 unspecified atom stereocenters. The molecule has 4 nitrogen and oxygen atoms in total. The number of halogens is 2. The van der Waals surface area contributed by atoms with Gasteiger partial charge in [-0.3, -0.25) is 4.68 Å². The Hall–Kier alpha value is -1.88. The lowest BCUT2D eigenvalue weighted by Crippen LogP contribution is -2.04. The molecule has 0 spiro atoms. The van der Waals surface area contributed by atoms with Gasteiger partial charge in [0.15, 0.2) is 5.69 Å². The molecule has 1 aromatic carbocycles. The maximum atomic E-state index is 12.9. The average molecular weight is 255 g/mol. The molecule has 88 valence electrons. The van der Waals surface area contributed by atoms with Crippen LogP contribution in [0, 0.1) is 5.82 Å². The fourth-order valence-corrected chi connectivity index (χ4v) is 1.68. The summed E-state index contributed by atoms with van der Waals surface area (Å²) in [5, 5.41) is 12.6. The maximum absolute atomic E-state index is 12.9. The monoisotopic (exact) mass is 254 g/mol. The van der Waals surface area contributed by atoms with Crippen molar-refractivity contribution in [3.63, 3.8) is 0 Å². The van der Waals surface area contributed by atoms with E-state index in [9.17, 15) is 9.18 Å². The van der Waals surface area contributed by atoms with Crippen molar-refractivity contribution in [1.82, 2.24) is 9.78 Å². The molecule has 0 saturated carbocycles. The molecular formula is C11H8ClFN2O2. The number of carbonyl (C=O) groups is 1. The lowest BCUT2D eigenvalue weighted by Gasteiger charge is -2.01. The van der Waals surface area contributed by atoms with E-state index in [-0.39, 0.29) is 23.1 Å². The summed E-state index contributed by atoms with van der Waals surface area (Å²) in [6.45, 7) is 0.269. The van der Waals surface area contributed by atoms with Crippen molar-refractivity contribution >= 4 is 17.6 Å². The van der Waals surface area contributed by atoms with E-state index in [0.29, 0.717) is 5.56 Å². The van der Waals surface area contributed by atoms with E-state index in [4.69, 9.17) is 16.7 Å². The Bertz CT molecular complexity index is 568. The number of benzene rings is 1. The van der Waals surface area contributed by atoms with Gasteiger partial charge in [0.2, 0.25) is 0 Å². The fraction of sp³-hybridized carbons (Fsp3) is 0.0909. The Kier molecular flexibility index (Phi) is 3.10. The van der Waals surface area contributed by atoms with Crippen LogP contribution in [-0.4, -0.2) is 20.9 Å². The highest BCUT2D eigenvalue weighted by Gasteiger charge is 2.13. The standard InChI is InChI=1S/C11H8ClFN2O2/c12-9-6-15(14-10(9)11(16)17)5-7-2-1-3-8(13)4-7/h1-4,6H,5H2,(H,16,17). The summed E-state index contributed by atoms with van der Waals surface area (Å²) >= 11 is 5.70. The van der Waals surface area contributed by atoms with Crippen LogP contribution < -0.4 is 0 Å². The molecule has 0 atom stereocenters. The van der Waals surface area contributed by atoms with Crippen molar-refractivity contribution in [3.05, 3.63) is 52.6 Å². The van der Waals surface area contributed by atoms with E-state index in [2.05, 4.69) is 5.10 Å². The van der Waals surface area contributed by atoms with E-state index in [1.165, 1.54) is 23.0 Å². The third-order valence-corrected chi connectivity index (χ3v) is 2.43. The molecule has 0 bridgehead atoms. The van der Waals surface area contributed by atoms with E-state index in [0.717, 1.165) is 0 Å². The zero-order valence-corrected chi connectivity index (χ0v) is 9.36. The SMILES string of the molecule is O=C(O)c1nn(Cc2cccc(F)c2)cc1Cl. The second-order valence-corrected chi connectivity index (χ2v) is 3.87. The Labute approximate surface area is 101 Å². The number of aromatic carboxylic acids is 1. The molecule has 17 heavy (non-hydrogen) atoms. The molecule has 1 aromatic heterocycles. The Balaban J connectivity index is 2.25. The Morgan fingerprint density at radius 2 is 2.29 bits per heavy atom. The molecule has 0 aliphatic rings. The topological polar surface area (TPSA) is 55.1 Å². The van der Waals surface area contributed by atoms with Crippen LogP contribution in [0.2, 0.25) is 5.02 Å². The summed E-state index contributed by atoms with van der Waals surface area (Å²) in [5.74, 6) is -1.53. The first kappa shape index (κ1) is 11.6. The van der Waals surface area contributed by atoms with Gasteiger partial charge in [-0.15, -0.1) is 0 Å². The van der Waals surface area contributed by atoms with Crippen LogP contribution in [0.4, 0.5) is 4.39 Å². The largest absolute Gasteiger partial charge is 0.476 e. The maximum Gasteiger partial charge on any atom is 0.357 e. The number of nitrogens with zero attached hydrogens (tertiary/aromatic N) is 2. The smallest absolute Gasteiger partial charge is 0.357 e. The third kappa shape index (κ3) is 2.62. The van der Waals surface area contributed by atoms with Crippen LogP contribution in [0.25, 0.3) is 0 Å². The molecule has 0 aliphatic carbocycles. The van der Waals surface area contributed by atoms with Crippen LogP contribution in [0.3, 0.4) is 0 Å². The van der Waals surface area contributed by atoms with Gasteiger partial charge >= 0.3 is 5.97 Å². The average Bonchev–Trinajstić information content (AvgIpc) is 2.59. The van der Waals surface area contributed by atoms with E-state index in [1.54, 1.807) is 12.1 Å². The Morgan fingerprint density at radius 3 is 2.88 bits per heavy atom. The molecule has 0 saturated heterocycles. The number of rotatable bonds is 3. The second-order valence-electron chi connectivity index (χ2n) is 3.46. The fourth-order valence-electron chi connectivity index (χ4n) is 1.45. The molecule has 1 heterocycles. The van der Waals surface area contributed by atoms with Crippen molar-refractivity contribution in [2.24, 2.45) is 0 Å². The van der Waals surface area contributed by atoms with Crippen LogP contribution in [-0.2, 0) is 6.54 Å². The minimum atomic E-state index is -1.19. The van der Waals surface area contributed by atoms with Gasteiger partial charge < -0.3 is 5.11 Å². The lowest BCUT2D eigenvalue weighted by atomic mass is 10.2. The molecule has 2 aromatic rings. The zero-order valence-electron chi connectivity index (χ0n) is 8.60. The van der Waals surface area contributed by atoms with Gasteiger partial charge in [0.1, 0.15) is 5.82 Å². The van der Waals surface area contributed by atoms with Crippen LogP contribution >= 0.6 is 11.6 Å². The van der Waals surface area contributed by atoms with Gasteiger partial charge in [0.25, 0.3) is 0 Å². The molecule has 0 radical (unpaired) electrons. The first-order valence-electron chi connectivity index (χ1n) is 4.77. The number of hydrogen-bond acceptors (Lipinski definition) is 2.